The van der Waals surface area contributed by atoms with E-state index in [9.17, 15) is 14.4 Å². The van der Waals surface area contributed by atoms with Crippen molar-refractivity contribution in [2.75, 3.05) is 0 Å². The van der Waals surface area contributed by atoms with Crippen LogP contribution in [-0.4, -0.2) is 23.5 Å². The molecule has 2 aromatic rings. The number of carbonyl (C=O) groups excluding carboxylic acids is 3. The van der Waals surface area contributed by atoms with E-state index in [0.29, 0.717) is 16.1 Å². The molecular formula is C20H20ClNO3. The maximum atomic E-state index is 12.5. The van der Waals surface area contributed by atoms with Crippen LogP contribution in [0.25, 0.3) is 0 Å². The van der Waals surface area contributed by atoms with Gasteiger partial charge in [-0.25, -0.2) is 0 Å². The summed E-state index contributed by atoms with van der Waals surface area (Å²) >= 11 is 5.80. The van der Waals surface area contributed by atoms with Crippen molar-refractivity contribution in [3.05, 3.63) is 70.7 Å². The molecule has 0 saturated carbocycles. The fourth-order valence-corrected chi connectivity index (χ4v) is 2.57. The van der Waals surface area contributed by atoms with Crippen LogP contribution in [-0.2, 0) is 4.79 Å². The van der Waals surface area contributed by atoms with Crippen molar-refractivity contribution in [3.63, 3.8) is 0 Å². The minimum atomic E-state index is -0.719. The Morgan fingerprint density at radius 3 is 2.08 bits per heavy atom. The Kier molecular flexibility index (Phi) is 6.48. The number of halogens is 1. The summed E-state index contributed by atoms with van der Waals surface area (Å²) < 4.78 is 0. The van der Waals surface area contributed by atoms with Crippen LogP contribution >= 0.6 is 11.6 Å². The largest absolute Gasteiger partial charge is 0.342 e. The van der Waals surface area contributed by atoms with Crippen molar-refractivity contribution < 1.29 is 14.4 Å². The van der Waals surface area contributed by atoms with Gasteiger partial charge in [-0.3, -0.25) is 14.4 Å². The monoisotopic (exact) mass is 357 g/mol. The predicted molar refractivity (Wildman–Crippen MR) is 97.9 cm³/mol. The van der Waals surface area contributed by atoms with Crippen LogP contribution in [0.1, 0.15) is 41.0 Å². The Labute approximate surface area is 152 Å². The van der Waals surface area contributed by atoms with Gasteiger partial charge in [0.1, 0.15) is 0 Å². The highest BCUT2D eigenvalue weighted by Crippen LogP contribution is 2.14. The lowest BCUT2D eigenvalue weighted by atomic mass is 9.94. The number of hydrogen-bond donors (Lipinski definition) is 1. The van der Waals surface area contributed by atoms with Crippen LogP contribution in [0.2, 0.25) is 5.02 Å². The number of Topliss-reactive ketones (excluding diaryl/α,β-unsaturated/α-hetero) is 2. The van der Waals surface area contributed by atoms with E-state index < -0.39 is 6.04 Å². The molecule has 0 spiro atoms. The molecule has 0 fully saturated rings. The molecule has 2 aromatic carbocycles. The smallest absolute Gasteiger partial charge is 0.251 e. The third-order valence-electron chi connectivity index (χ3n) is 3.84. The number of benzene rings is 2. The first-order chi connectivity index (χ1) is 11.9. The third kappa shape index (κ3) is 5.26. The normalized spacial score (nSPS) is 11.8. The lowest BCUT2D eigenvalue weighted by Crippen LogP contribution is -2.45. The first kappa shape index (κ1) is 18.9. The first-order valence-corrected chi connectivity index (χ1v) is 8.43. The zero-order valence-electron chi connectivity index (χ0n) is 14.2. The van der Waals surface area contributed by atoms with Gasteiger partial charge in [0.2, 0.25) is 0 Å². The van der Waals surface area contributed by atoms with Crippen LogP contribution < -0.4 is 5.32 Å². The summed E-state index contributed by atoms with van der Waals surface area (Å²) in [6.45, 7) is 3.67. The highest BCUT2D eigenvalue weighted by molar-refractivity contribution is 6.30. The number of amides is 1. The molecule has 0 aliphatic heterocycles. The molecule has 0 aromatic heterocycles. The summed E-state index contributed by atoms with van der Waals surface area (Å²) in [4.78, 5) is 37.1. The van der Waals surface area contributed by atoms with Crippen molar-refractivity contribution >= 4 is 29.1 Å². The molecule has 0 aliphatic carbocycles. The number of hydrogen-bond acceptors (Lipinski definition) is 3. The molecule has 0 aliphatic rings. The van der Waals surface area contributed by atoms with E-state index in [1.54, 1.807) is 48.5 Å². The molecule has 1 unspecified atom stereocenters. The molecule has 1 atom stereocenters. The molecule has 25 heavy (non-hydrogen) atoms. The van der Waals surface area contributed by atoms with Crippen molar-refractivity contribution in [1.82, 2.24) is 5.32 Å². The SMILES string of the molecule is CC(C)C(NC(=O)c1ccccc1)C(=O)CC(=O)c1ccc(Cl)cc1. The van der Waals surface area contributed by atoms with Crippen LogP contribution in [0.4, 0.5) is 0 Å². The Hall–Kier alpha value is -2.46. The highest BCUT2D eigenvalue weighted by Gasteiger charge is 2.26. The zero-order valence-corrected chi connectivity index (χ0v) is 14.9. The quantitative estimate of drug-likeness (QED) is 0.603. The van der Waals surface area contributed by atoms with Gasteiger partial charge >= 0.3 is 0 Å². The van der Waals surface area contributed by atoms with Gasteiger partial charge in [-0.1, -0.05) is 43.6 Å². The minimum Gasteiger partial charge on any atom is -0.342 e. The van der Waals surface area contributed by atoms with E-state index in [1.165, 1.54) is 0 Å². The summed E-state index contributed by atoms with van der Waals surface area (Å²) in [5, 5.41) is 3.26. The van der Waals surface area contributed by atoms with E-state index in [-0.39, 0.29) is 29.8 Å². The fraction of sp³-hybridized carbons (Fsp3) is 0.250. The third-order valence-corrected chi connectivity index (χ3v) is 4.09. The lowest BCUT2D eigenvalue weighted by molar-refractivity contribution is -0.121. The second kappa shape index (κ2) is 8.58. The average molecular weight is 358 g/mol. The zero-order chi connectivity index (χ0) is 18.4. The molecular weight excluding hydrogens is 338 g/mol. The van der Waals surface area contributed by atoms with Crippen molar-refractivity contribution in [1.29, 1.82) is 0 Å². The van der Waals surface area contributed by atoms with E-state index in [0.717, 1.165) is 0 Å². The van der Waals surface area contributed by atoms with Crippen LogP contribution in [0.15, 0.2) is 54.6 Å². The van der Waals surface area contributed by atoms with Crippen molar-refractivity contribution in [2.24, 2.45) is 5.92 Å². The standard InChI is InChI=1S/C20H20ClNO3/c1-13(2)19(22-20(25)15-6-4-3-5-7-15)18(24)12-17(23)14-8-10-16(21)11-9-14/h3-11,13,19H,12H2,1-2H3,(H,22,25). The van der Waals surface area contributed by atoms with Crippen molar-refractivity contribution in [2.45, 2.75) is 26.3 Å². The molecule has 2 rings (SSSR count). The molecule has 1 amide bonds. The van der Waals surface area contributed by atoms with Gasteiger partial charge in [0.15, 0.2) is 11.6 Å². The summed E-state index contributed by atoms with van der Waals surface area (Å²) in [5.74, 6) is -1.05. The Bertz CT molecular complexity index is 754. The number of carbonyl (C=O) groups is 3. The molecule has 5 heteroatoms. The van der Waals surface area contributed by atoms with E-state index in [1.807, 2.05) is 19.9 Å². The summed E-state index contributed by atoms with van der Waals surface area (Å²) in [6, 6.07) is 14.3. The highest BCUT2D eigenvalue weighted by atomic mass is 35.5. The molecule has 0 radical (unpaired) electrons. The molecule has 0 heterocycles. The lowest BCUT2D eigenvalue weighted by Gasteiger charge is -2.21. The maximum Gasteiger partial charge on any atom is 0.251 e. The van der Waals surface area contributed by atoms with Gasteiger partial charge in [-0.15, -0.1) is 0 Å². The number of rotatable bonds is 7. The summed E-state index contributed by atoms with van der Waals surface area (Å²) in [7, 11) is 0. The average Bonchev–Trinajstić information content (AvgIpc) is 2.60. The first-order valence-electron chi connectivity index (χ1n) is 8.06. The van der Waals surface area contributed by atoms with Crippen LogP contribution in [0.3, 0.4) is 0 Å². The Balaban J connectivity index is 2.06. The second-order valence-electron chi connectivity index (χ2n) is 6.13. The van der Waals surface area contributed by atoms with Gasteiger partial charge in [-0.2, -0.15) is 0 Å². The Morgan fingerprint density at radius 2 is 1.52 bits per heavy atom. The predicted octanol–water partition coefficient (Wildman–Crippen LogP) is 3.94. The minimum absolute atomic E-state index is 0.127. The van der Waals surface area contributed by atoms with E-state index in [4.69, 9.17) is 11.6 Å². The molecule has 0 saturated heterocycles. The van der Waals surface area contributed by atoms with Crippen LogP contribution in [0, 0.1) is 5.92 Å². The molecule has 1 N–H and O–H groups in total. The van der Waals surface area contributed by atoms with E-state index in [2.05, 4.69) is 5.32 Å². The van der Waals surface area contributed by atoms with Gasteiger partial charge in [0, 0.05) is 16.1 Å². The van der Waals surface area contributed by atoms with Gasteiger partial charge in [0.25, 0.3) is 5.91 Å². The van der Waals surface area contributed by atoms with Crippen molar-refractivity contribution in [3.8, 4) is 0 Å². The Morgan fingerprint density at radius 1 is 0.920 bits per heavy atom. The molecule has 130 valence electrons. The van der Waals surface area contributed by atoms with E-state index >= 15 is 0 Å². The van der Waals surface area contributed by atoms with Gasteiger partial charge in [-0.05, 0) is 42.3 Å². The van der Waals surface area contributed by atoms with Gasteiger partial charge < -0.3 is 5.32 Å². The second-order valence-corrected chi connectivity index (χ2v) is 6.57. The summed E-state index contributed by atoms with van der Waals surface area (Å²) in [5.41, 5.74) is 0.902. The number of nitrogens with one attached hydrogen (secondary N) is 1. The fourth-order valence-electron chi connectivity index (χ4n) is 2.44. The maximum absolute atomic E-state index is 12.5. The molecule has 0 bridgehead atoms. The summed E-state index contributed by atoms with van der Waals surface area (Å²) in [6.07, 6.45) is -0.264. The van der Waals surface area contributed by atoms with Gasteiger partial charge in [0.05, 0.1) is 12.5 Å². The van der Waals surface area contributed by atoms with Crippen LogP contribution in [0.5, 0.6) is 0 Å². The molecule has 4 nitrogen and oxygen atoms in total. The topological polar surface area (TPSA) is 63.2 Å². The number of ketones is 2.